The summed E-state index contributed by atoms with van der Waals surface area (Å²) in [4.78, 5) is 2.52. The highest BCUT2D eigenvalue weighted by Crippen LogP contribution is 2.30. The normalized spacial score (nSPS) is 10.8. The van der Waals surface area contributed by atoms with Crippen LogP contribution in [0.5, 0.6) is 0 Å². The van der Waals surface area contributed by atoms with E-state index in [0.717, 1.165) is 22.9 Å². The van der Waals surface area contributed by atoms with Gasteiger partial charge in [-0.3, -0.25) is 0 Å². The Morgan fingerprint density at radius 2 is 2.13 bits per heavy atom. The summed E-state index contributed by atoms with van der Waals surface area (Å²) in [6.45, 7) is 2.82. The highest BCUT2D eigenvalue weighted by molar-refractivity contribution is 7.21. The summed E-state index contributed by atoms with van der Waals surface area (Å²) in [6, 6.07) is 4.22. The summed E-state index contributed by atoms with van der Waals surface area (Å²) in [5.74, 6) is 0. The number of aryl methyl sites for hydroxylation is 2. The quantitative estimate of drug-likeness (QED) is 0.891. The first kappa shape index (κ1) is 10.7. The van der Waals surface area contributed by atoms with Gasteiger partial charge in [-0.25, -0.2) is 0 Å². The zero-order chi connectivity index (χ0) is 10.7. The van der Waals surface area contributed by atoms with Crippen LogP contribution in [0.15, 0.2) is 12.1 Å². The minimum absolute atomic E-state index is 0.715. The van der Waals surface area contributed by atoms with Crippen LogP contribution in [0.1, 0.15) is 16.3 Å². The van der Waals surface area contributed by atoms with Gasteiger partial charge >= 0.3 is 0 Å². The monoisotopic (exact) mass is 239 g/mol. The third-order valence-corrected chi connectivity index (χ3v) is 4.17. The molecule has 0 unspecified atom stereocenters. The van der Waals surface area contributed by atoms with E-state index in [0.29, 0.717) is 6.54 Å². The van der Waals surface area contributed by atoms with E-state index >= 15 is 0 Å². The van der Waals surface area contributed by atoms with Gasteiger partial charge in [0.05, 0.1) is 4.88 Å². The number of thiophene rings is 1. The Labute approximate surface area is 97.0 Å². The Bertz CT molecular complexity index is 433. The van der Waals surface area contributed by atoms with Crippen LogP contribution in [0.3, 0.4) is 0 Å². The van der Waals surface area contributed by atoms with Gasteiger partial charge in [-0.1, -0.05) is 11.3 Å². The summed E-state index contributed by atoms with van der Waals surface area (Å²) in [6.07, 6.45) is 1.93. The van der Waals surface area contributed by atoms with Crippen molar-refractivity contribution in [2.24, 2.45) is 5.73 Å². The van der Waals surface area contributed by atoms with Crippen LogP contribution in [-0.4, -0.2) is 16.7 Å². The molecular weight excluding hydrogens is 226 g/mol. The molecule has 0 fully saturated rings. The van der Waals surface area contributed by atoms with Crippen molar-refractivity contribution in [3.8, 4) is 9.88 Å². The summed E-state index contributed by atoms with van der Waals surface area (Å²) < 4.78 is 0. The molecule has 0 bridgehead atoms. The summed E-state index contributed by atoms with van der Waals surface area (Å²) >= 11 is 3.43. The molecule has 2 aromatic heterocycles. The van der Waals surface area contributed by atoms with Gasteiger partial charge in [0.2, 0.25) is 0 Å². The number of aromatic nitrogens is 2. The first-order valence-electron chi connectivity index (χ1n) is 4.89. The molecular formula is C10H13N3S2. The number of hydrogen-bond donors (Lipinski definition) is 1. The number of hydrogen-bond acceptors (Lipinski definition) is 5. The second-order valence-electron chi connectivity index (χ2n) is 3.30. The lowest BCUT2D eigenvalue weighted by Gasteiger charge is -1.89. The molecule has 0 aromatic carbocycles. The molecule has 0 atom stereocenters. The van der Waals surface area contributed by atoms with Gasteiger partial charge in [0.25, 0.3) is 0 Å². The van der Waals surface area contributed by atoms with E-state index < -0.39 is 0 Å². The van der Waals surface area contributed by atoms with Crippen molar-refractivity contribution in [1.82, 2.24) is 10.2 Å². The predicted octanol–water partition coefficient (Wildman–Crippen LogP) is 2.47. The Morgan fingerprint density at radius 3 is 2.80 bits per heavy atom. The van der Waals surface area contributed by atoms with Crippen molar-refractivity contribution in [2.45, 2.75) is 19.8 Å². The van der Waals surface area contributed by atoms with E-state index in [2.05, 4.69) is 29.3 Å². The third-order valence-electron chi connectivity index (χ3n) is 2.01. The van der Waals surface area contributed by atoms with Crippen LogP contribution in [0.2, 0.25) is 0 Å². The summed E-state index contributed by atoms with van der Waals surface area (Å²) in [5.41, 5.74) is 5.46. The fraction of sp³-hybridized carbons (Fsp3) is 0.400. The maximum atomic E-state index is 5.46. The van der Waals surface area contributed by atoms with Crippen molar-refractivity contribution in [3.63, 3.8) is 0 Å². The summed E-state index contributed by atoms with van der Waals surface area (Å²) in [5, 5.41) is 10.5. The van der Waals surface area contributed by atoms with Crippen molar-refractivity contribution in [2.75, 3.05) is 6.54 Å². The van der Waals surface area contributed by atoms with E-state index in [1.807, 2.05) is 0 Å². The Kier molecular flexibility index (Phi) is 3.45. The molecule has 0 saturated heterocycles. The first-order valence-corrected chi connectivity index (χ1v) is 6.52. The van der Waals surface area contributed by atoms with Crippen molar-refractivity contribution < 1.29 is 0 Å². The Morgan fingerprint density at radius 1 is 1.27 bits per heavy atom. The van der Waals surface area contributed by atoms with Gasteiger partial charge in [0, 0.05) is 11.3 Å². The maximum Gasteiger partial charge on any atom is 0.157 e. The van der Waals surface area contributed by atoms with Gasteiger partial charge in [-0.15, -0.1) is 21.5 Å². The summed E-state index contributed by atoms with van der Waals surface area (Å²) in [7, 11) is 0. The fourth-order valence-corrected chi connectivity index (χ4v) is 3.06. The van der Waals surface area contributed by atoms with Crippen molar-refractivity contribution >= 4 is 22.7 Å². The molecule has 2 heterocycles. The second kappa shape index (κ2) is 4.83. The van der Waals surface area contributed by atoms with Gasteiger partial charge in [0.15, 0.2) is 5.01 Å². The molecule has 15 heavy (non-hydrogen) atoms. The maximum absolute atomic E-state index is 5.46. The van der Waals surface area contributed by atoms with Crippen LogP contribution in [-0.2, 0) is 6.42 Å². The fourth-order valence-electron chi connectivity index (χ4n) is 1.26. The average molecular weight is 239 g/mol. The second-order valence-corrected chi connectivity index (χ2v) is 5.65. The topological polar surface area (TPSA) is 51.8 Å². The van der Waals surface area contributed by atoms with Crippen LogP contribution in [0.25, 0.3) is 9.88 Å². The van der Waals surface area contributed by atoms with E-state index in [9.17, 15) is 0 Å². The van der Waals surface area contributed by atoms with Gasteiger partial charge < -0.3 is 5.73 Å². The molecule has 0 radical (unpaired) electrons. The Hall–Kier alpha value is -0.780. The van der Waals surface area contributed by atoms with Crippen LogP contribution >= 0.6 is 22.7 Å². The Balaban J connectivity index is 2.13. The van der Waals surface area contributed by atoms with Gasteiger partial charge in [-0.05, 0) is 32.0 Å². The van der Waals surface area contributed by atoms with Crippen LogP contribution < -0.4 is 5.73 Å². The zero-order valence-electron chi connectivity index (χ0n) is 8.56. The number of nitrogens with zero attached hydrogens (tertiary/aromatic N) is 2. The smallest absolute Gasteiger partial charge is 0.157 e. The molecule has 0 amide bonds. The van der Waals surface area contributed by atoms with Crippen LogP contribution in [0, 0.1) is 6.92 Å². The SMILES string of the molecule is Cc1ccc(-c2nnc(CCCN)s2)s1. The van der Waals surface area contributed by atoms with Crippen molar-refractivity contribution in [1.29, 1.82) is 0 Å². The van der Waals surface area contributed by atoms with Crippen LogP contribution in [0.4, 0.5) is 0 Å². The molecule has 0 spiro atoms. The van der Waals surface area contributed by atoms with E-state index in [-0.39, 0.29) is 0 Å². The lowest BCUT2D eigenvalue weighted by atomic mass is 10.3. The molecule has 2 rings (SSSR count). The molecule has 3 nitrogen and oxygen atoms in total. The highest BCUT2D eigenvalue weighted by atomic mass is 32.1. The van der Waals surface area contributed by atoms with Crippen molar-refractivity contribution in [3.05, 3.63) is 22.0 Å². The van der Waals surface area contributed by atoms with E-state index in [4.69, 9.17) is 5.73 Å². The van der Waals surface area contributed by atoms with E-state index in [1.54, 1.807) is 22.7 Å². The van der Waals surface area contributed by atoms with Gasteiger partial charge in [0.1, 0.15) is 5.01 Å². The minimum atomic E-state index is 0.715. The molecule has 2 N–H and O–H groups in total. The zero-order valence-corrected chi connectivity index (χ0v) is 10.2. The lowest BCUT2D eigenvalue weighted by molar-refractivity contribution is 0.812. The molecule has 80 valence electrons. The number of rotatable bonds is 4. The molecule has 0 aliphatic heterocycles. The standard InChI is InChI=1S/C10H13N3S2/c1-7-4-5-8(14-7)10-13-12-9(15-10)3-2-6-11/h4-5H,2-3,6,11H2,1H3. The predicted molar refractivity (Wildman–Crippen MR) is 65.3 cm³/mol. The largest absolute Gasteiger partial charge is 0.330 e. The van der Waals surface area contributed by atoms with Gasteiger partial charge in [-0.2, -0.15) is 0 Å². The molecule has 2 aromatic rings. The molecule has 0 aliphatic rings. The average Bonchev–Trinajstić information content (AvgIpc) is 2.83. The first-order chi connectivity index (χ1) is 7.29. The minimum Gasteiger partial charge on any atom is -0.330 e. The highest BCUT2D eigenvalue weighted by Gasteiger charge is 2.07. The molecule has 0 saturated carbocycles. The van der Waals surface area contributed by atoms with E-state index in [1.165, 1.54) is 9.75 Å². The third kappa shape index (κ3) is 2.62. The molecule has 5 heteroatoms. The molecule has 0 aliphatic carbocycles. The lowest BCUT2D eigenvalue weighted by Crippen LogP contribution is -1.99. The number of nitrogens with two attached hydrogens (primary N) is 1.